The number of pyridine rings is 1. The van der Waals surface area contributed by atoms with Gasteiger partial charge >= 0.3 is 0 Å². The molecule has 2 heterocycles. The molecule has 0 atom stereocenters. The Morgan fingerprint density at radius 2 is 1.93 bits per heavy atom. The molecule has 0 unspecified atom stereocenters. The van der Waals surface area contributed by atoms with Crippen LogP contribution in [0.15, 0.2) is 47.5 Å². The van der Waals surface area contributed by atoms with Crippen LogP contribution in [-0.4, -0.2) is 29.7 Å². The van der Waals surface area contributed by atoms with Crippen LogP contribution in [0, 0.1) is 11.6 Å². The van der Waals surface area contributed by atoms with Crippen molar-refractivity contribution in [3.05, 3.63) is 65.5 Å². The van der Waals surface area contributed by atoms with Crippen LogP contribution in [0.3, 0.4) is 0 Å². The number of nitrogens with one attached hydrogen (secondary N) is 1. The second-order valence-corrected chi connectivity index (χ2v) is 8.63. The SMILES string of the molecule is O=S(=O)(NCCn1nc(-c2ccccn2)c2c1CCCC2)c1cc(F)ccc1F. The van der Waals surface area contributed by atoms with Crippen molar-refractivity contribution in [2.24, 2.45) is 0 Å². The van der Waals surface area contributed by atoms with E-state index in [0.717, 1.165) is 60.5 Å². The highest BCUT2D eigenvalue weighted by Crippen LogP contribution is 2.30. The van der Waals surface area contributed by atoms with E-state index in [2.05, 4.69) is 14.8 Å². The van der Waals surface area contributed by atoms with Gasteiger partial charge in [0.15, 0.2) is 0 Å². The average molecular weight is 418 g/mol. The van der Waals surface area contributed by atoms with Gasteiger partial charge in [0.2, 0.25) is 10.0 Å². The Kier molecular flexibility index (Phi) is 5.42. The van der Waals surface area contributed by atoms with Crippen molar-refractivity contribution in [1.29, 1.82) is 0 Å². The van der Waals surface area contributed by atoms with Crippen LogP contribution in [0.25, 0.3) is 11.4 Å². The summed E-state index contributed by atoms with van der Waals surface area (Å²) in [5.41, 5.74) is 3.83. The van der Waals surface area contributed by atoms with Gasteiger partial charge in [0.1, 0.15) is 22.2 Å². The van der Waals surface area contributed by atoms with Gasteiger partial charge in [-0.1, -0.05) is 6.07 Å². The molecule has 1 N–H and O–H groups in total. The van der Waals surface area contributed by atoms with Crippen molar-refractivity contribution >= 4 is 10.0 Å². The Labute approximate surface area is 167 Å². The van der Waals surface area contributed by atoms with Gasteiger partial charge in [-0.05, 0) is 56.0 Å². The number of hydrogen-bond donors (Lipinski definition) is 1. The molecule has 0 fully saturated rings. The van der Waals surface area contributed by atoms with E-state index in [1.165, 1.54) is 0 Å². The minimum Gasteiger partial charge on any atom is -0.267 e. The quantitative estimate of drug-likeness (QED) is 0.668. The molecular formula is C20H20F2N4O2S. The van der Waals surface area contributed by atoms with Gasteiger partial charge in [-0.15, -0.1) is 0 Å². The third-order valence-corrected chi connectivity index (χ3v) is 6.44. The van der Waals surface area contributed by atoms with Gasteiger partial charge in [-0.25, -0.2) is 21.9 Å². The molecule has 1 aliphatic rings. The maximum absolute atomic E-state index is 13.8. The molecular weight excluding hydrogens is 398 g/mol. The van der Waals surface area contributed by atoms with Crippen LogP contribution >= 0.6 is 0 Å². The standard InChI is InChI=1S/C20H20F2N4O2S/c21-14-8-9-16(22)19(13-14)29(27,28)24-11-12-26-18-7-2-1-5-15(18)20(25-26)17-6-3-4-10-23-17/h3-4,6,8-10,13,24H,1-2,5,7,11-12H2. The first-order chi connectivity index (χ1) is 14.0. The van der Waals surface area contributed by atoms with E-state index in [0.29, 0.717) is 6.07 Å². The molecule has 0 spiro atoms. The second kappa shape index (κ2) is 8.00. The lowest BCUT2D eigenvalue weighted by Gasteiger charge is -2.14. The van der Waals surface area contributed by atoms with Crippen LogP contribution in [0.5, 0.6) is 0 Å². The Balaban J connectivity index is 1.55. The highest BCUT2D eigenvalue weighted by molar-refractivity contribution is 7.89. The predicted molar refractivity (Wildman–Crippen MR) is 104 cm³/mol. The molecule has 0 aliphatic heterocycles. The molecule has 1 aromatic carbocycles. The van der Waals surface area contributed by atoms with Crippen LogP contribution in [0.4, 0.5) is 8.78 Å². The first-order valence-electron chi connectivity index (χ1n) is 9.40. The molecule has 3 aromatic rings. The summed E-state index contributed by atoms with van der Waals surface area (Å²) in [6.07, 6.45) is 5.59. The van der Waals surface area contributed by atoms with Crippen molar-refractivity contribution in [2.75, 3.05) is 6.54 Å². The first-order valence-corrected chi connectivity index (χ1v) is 10.9. The molecule has 2 aromatic heterocycles. The third kappa shape index (κ3) is 4.06. The molecule has 6 nitrogen and oxygen atoms in total. The number of rotatable bonds is 6. The minimum atomic E-state index is -4.17. The van der Waals surface area contributed by atoms with Crippen LogP contribution < -0.4 is 4.72 Å². The normalized spacial score (nSPS) is 14.0. The number of aromatic nitrogens is 3. The maximum Gasteiger partial charge on any atom is 0.243 e. The van der Waals surface area contributed by atoms with Crippen molar-refractivity contribution < 1.29 is 17.2 Å². The van der Waals surface area contributed by atoms with E-state index in [1.54, 1.807) is 10.9 Å². The molecule has 9 heteroatoms. The van der Waals surface area contributed by atoms with Crippen LogP contribution in [0.1, 0.15) is 24.1 Å². The maximum atomic E-state index is 13.8. The summed E-state index contributed by atoms with van der Waals surface area (Å²) in [5.74, 6) is -1.80. The predicted octanol–water partition coefficient (Wildman–Crippen LogP) is 3.08. The fourth-order valence-corrected chi connectivity index (χ4v) is 4.72. The zero-order valence-corrected chi connectivity index (χ0v) is 16.4. The Hall–Kier alpha value is -2.65. The highest BCUT2D eigenvalue weighted by atomic mass is 32.2. The van der Waals surface area contributed by atoms with E-state index < -0.39 is 26.6 Å². The van der Waals surface area contributed by atoms with E-state index in [4.69, 9.17) is 0 Å². The monoisotopic (exact) mass is 418 g/mol. The third-order valence-electron chi connectivity index (χ3n) is 4.96. The van der Waals surface area contributed by atoms with Gasteiger partial charge in [-0.3, -0.25) is 9.67 Å². The van der Waals surface area contributed by atoms with E-state index >= 15 is 0 Å². The molecule has 0 amide bonds. The Morgan fingerprint density at radius 1 is 1.10 bits per heavy atom. The minimum absolute atomic E-state index is 0.00800. The second-order valence-electron chi connectivity index (χ2n) is 6.89. The number of hydrogen-bond acceptors (Lipinski definition) is 4. The van der Waals surface area contributed by atoms with Crippen molar-refractivity contribution in [3.8, 4) is 11.4 Å². The highest BCUT2D eigenvalue weighted by Gasteiger charge is 2.23. The number of benzene rings is 1. The van der Waals surface area contributed by atoms with Gasteiger partial charge < -0.3 is 0 Å². The molecule has 1 aliphatic carbocycles. The number of fused-ring (bicyclic) bond motifs is 1. The van der Waals surface area contributed by atoms with Gasteiger partial charge in [0, 0.05) is 24.0 Å². The van der Waals surface area contributed by atoms with Gasteiger partial charge in [-0.2, -0.15) is 5.10 Å². The number of halogens is 2. The number of nitrogens with zero attached hydrogens (tertiary/aromatic N) is 3. The van der Waals surface area contributed by atoms with Crippen molar-refractivity contribution in [1.82, 2.24) is 19.5 Å². The first kappa shape index (κ1) is 19.7. The molecule has 0 saturated carbocycles. The molecule has 152 valence electrons. The topological polar surface area (TPSA) is 76.9 Å². The Morgan fingerprint density at radius 3 is 2.72 bits per heavy atom. The molecule has 29 heavy (non-hydrogen) atoms. The summed E-state index contributed by atoms with van der Waals surface area (Å²) in [6, 6.07) is 7.99. The summed E-state index contributed by atoms with van der Waals surface area (Å²) in [7, 11) is -4.17. The van der Waals surface area contributed by atoms with Crippen molar-refractivity contribution in [3.63, 3.8) is 0 Å². The summed E-state index contributed by atoms with van der Waals surface area (Å²) in [6.45, 7) is 0.291. The van der Waals surface area contributed by atoms with E-state index in [1.807, 2.05) is 18.2 Å². The zero-order chi connectivity index (χ0) is 20.4. The zero-order valence-electron chi connectivity index (χ0n) is 15.6. The smallest absolute Gasteiger partial charge is 0.243 e. The summed E-state index contributed by atoms with van der Waals surface area (Å²) in [4.78, 5) is 3.68. The van der Waals surface area contributed by atoms with Gasteiger partial charge in [0.25, 0.3) is 0 Å². The molecule has 4 rings (SSSR count). The Bertz CT molecular complexity index is 1130. The van der Waals surface area contributed by atoms with E-state index in [9.17, 15) is 17.2 Å². The molecule has 0 radical (unpaired) electrons. The van der Waals surface area contributed by atoms with Gasteiger partial charge in [0.05, 0.1) is 12.2 Å². The van der Waals surface area contributed by atoms with Crippen molar-refractivity contribution in [2.45, 2.75) is 37.1 Å². The molecule has 0 saturated heterocycles. The summed E-state index contributed by atoms with van der Waals surface area (Å²) < 4.78 is 56.0. The van der Waals surface area contributed by atoms with E-state index in [-0.39, 0.29) is 13.1 Å². The lowest BCUT2D eigenvalue weighted by Crippen LogP contribution is -2.29. The number of sulfonamides is 1. The lowest BCUT2D eigenvalue weighted by atomic mass is 9.95. The van der Waals surface area contributed by atoms with Crippen LogP contribution in [-0.2, 0) is 29.4 Å². The summed E-state index contributed by atoms with van der Waals surface area (Å²) in [5, 5.41) is 4.67. The summed E-state index contributed by atoms with van der Waals surface area (Å²) >= 11 is 0. The fourth-order valence-electron chi connectivity index (χ4n) is 3.61. The van der Waals surface area contributed by atoms with Crippen LogP contribution in [0.2, 0.25) is 0 Å². The molecule has 0 bridgehead atoms. The largest absolute Gasteiger partial charge is 0.267 e. The lowest BCUT2D eigenvalue weighted by molar-refractivity contribution is 0.528. The fraction of sp³-hybridized carbons (Fsp3) is 0.300. The average Bonchev–Trinajstić information content (AvgIpc) is 3.09.